The van der Waals surface area contributed by atoms with Crippen molar-refractivity contribution in [3.8, 4) is 0 Å². The molecule has 2 aliphatic rings. The van der Waals surface area contributed by atoms with E-state index in [0.29, 0.717) is 5.41 Å². The molecule has 3 rings (SSSR count). The van der Waals surface area contributed by atoms with E-state index in [-0.39, 0.29) is 0 Å². The maximum atomic E-state index is 3.59. The highest BCUT2D eigenvalue weighted by atomic mass is 32.1. The molecule has 1 saturated carbocycles. The van der Waals surface area contributed by atoms with Crippen LogP contribution < -0.4 is 5.32 Å². The smallest absolute Gasteiger partial charge is 0.0331 e. The summed E-state index contributed by atoms with van der Waals surface area (Å²) in [6.45, 7) is 9.80. The molecule has 0 aromatic carbocycles. The number of rotatable bonds is 6. The molecule has 0 bridgehead atoms. The van der Waals surface area contributed by atoms with E-state index in [1.807, 2.05) is 11.3 Å². The third kappa shape index (κ3) is 3.63. The maximum absolute atomic E-state index is 3.59. The molecule has 1 aromatic rings. The minimum atomic E-state index is 0.424. The molecule has 2 nitrogen and oxygen atoms in total. The van der Waals surface area contributed by atoms with Gasteiger partial charge in [-0.25, -0.2) is 0 Å². The standard InChI is InChI=1S/C17H28N2S/c1-17(2,14-5-3-9-18-11-14)13-19(15-7-8-15)12-16-6-4-10-20-16/h4,6,10,14-15,18H,3,5,7-9,11-13H2,1-2H3. The van der Waals surface area contributed by atoms with Gasteiger partial charge in [0.2, 0.25) is 0 Å². The number of hydrogen-bond donors (Lipinski definition) is 1. The van der Waals surface area contributed by atoms with Crippen molar-refractivity contribution >= 4 is 11.3 Å². The SMILES string of the molecule is CC(C)(CN(Cc1cccs1)C1CC1)C1CCCNC1. The molecule has 2 fully saturated rings. The summed E-state index contributed by atoms with van der Waals surface area (Å²) in [4.78, 5) is 4.27. The van der Waals surface area contributed by atoms with Gasteiger partial charge in [-0.15, -0.1) is 11.3 Å². The van der Waals surface area contributed by atoms with Gasteiger partial charge in [-0.3, -0.25) is 4.90 Å². The Hall–Kier alpha value is -0.380. The first-order valence-corrected chi connectivity index (χ1v) is 9.00. The van der Waals surface area contributed by atoms with Gasteiger partial charge in [0, 0.05) is 24.0 Å². The van der Waals surface area contributed by atoms with E-state index in [9.17, 15) is 0 Å². The Kier molecular flexibility index (Phi) is 4.49. The van der Waals surface area contributed by atoms with Crippen LogP contribution in [0.5, 0.6) is 0 Å². The molecule has 0 amide bonds. The second-order valence-electron chi connectivity index (χ2n) is 7.25. The summed E-state index contributed by atoms with van der Waals surface area (Å²) < 4.78 is 0. The van der Waals surface area contributed by atoms with Gasteiger partial charge < -0.3 is 5.32 Å². The van der Waals surface area contributed by atoms with Gasteiger partial charge in [-0.05, 0) is 61.6 Å². The Morgan fingerprint density at radius 2 is 2.20 bits per heavy atom. The highest BCUT2D eigenvalue weighted by molar-refractivity contribution is 7.09. The molecular formula is C17H28N2S. The first-order valence-electron chi connectivity index (χ1n) is 8.12. The van der Waals surface area contributed by atoms with Crippen LogP contribution in [0.3, 0.4) is 0 Å². The van der Waals surface area contributed by atoms with E-state index in [0.717, 1.165) is 18.5 Å². The van der Waals surface area contributed by atoms with Gasteiger partial charge in [0.25, 0.3) is 0 Å². The zero-order valence-electron chi connectivity index (χ0n) is 12.9. The lowest BCUT2D eigenvalue weighted by Crippen LogP contribution is -2.45. The summed E-state index contributed by atoms with van der Waals surface area (Å²) in [7, 11) is 0. The third-order valence-electron chi connectivity index (χ3n) is 5.01. The van der Waals surface area contributed by atoms with Gasteiger partial charge in [0.1, 0.15) is 0 Å². The maximum Gasteiger partial charge on any atom is 0.0331 e. The lowest BCUT2D eigenvalue weighted by molar-refractivity contribution is 0.0919. The molecule has 1 atom stereocenters. The van der Waals surface area contributed by atoms with Crippen molar-refractivity contribution in [1.29, 1.82) is 0 Å². The average molecular weight is 292 g/mol. The Labute approximate surface area is 127 Å². The van der Waals surface area contributed by atoms with Crippen molar-refractivity contribution in [2.45, 2.75) is 52.1 Å². The Morgan fingerprint density at radius 3 is 2.80 bits per heavy atom. The number of piperidine rings is 1. The van der Waals surface area contributed by atoms with Crippen molar-refractivity contribution < 1.29 is 0 Å². The van der Waals surface area contributed by atoms with Crippen LogP contribution in [0.25, 0.3) is 0 Å². The van der Waals surface area contributed by atoms with E-state index in [1.165, 1.54) is 50.2 Å². The molecule has 1 aromatic heterocycles. The molecule has 0 radical (unpaired) electrons. The van der Waals surface area contributed by atoms with Gasteiger partial charge in [-0.2, -0.15) is 0 Å². The van der Waals surface area contributed by atoms with E-state index in [2.05, 4.69) is 41.6 Å². The second-order valence-corrected chi connectivity index (χ2v) is 8.28. The Bertz CT molecular complexity index is 403. The monoisotopic (exact) mass is 292 g/mol. The zero-order chi connectivity index (χ0) is 14.0. The fraction of sp³-hybridized carbons (Fsp3) is 0.765. The normalized spacial score (nSPS) is 24.2. The molecular weight excluding hydrogens is 264 g/mol. The molecule has 1 aliphatic heterocycles. The van der Waals surface area contributed by atoms with Crippen LogP contribution in [0.15, 0.2) is 17.5 Å². The largest absolute Gasteiger partial charge is 0.316 e. The van der Waals surface area contributed by atoms with Crippen LogP contribution in [-0.2, 0) is 6.54 Å². The van der Waals surface area contributed by atoms with Crippen molar-refractivity contribution in [2.75, 3.05) is 19.6 Å². The van der Waals surface area contributed by atoms with Gasteiger partial charge in [0.05, 0.1) is 0 Å². The van der Waals surface area contributed by atoms with Crippen molar-refractivity contribution in [2.24, 2.45) is 11.3 Å². The van der Waals surface area contributed by atoms with Crippen LogP contribution in [0.4, 0.5) is 0 Å². The molecule has 1 aliphatic carbocycles. The fourth-order valence-corrected chi connectivity index (χ4v) is 4.26. The first kappa shape index (κ1) is 14.6. The molecule has 20 heavy (non-hydrogen) atoms. The number of nitrogens with zero attached hydrogens (tertiary/aromatic N) is 1. The Morgan fingerprint density at radius 1 is 1.35 bits per heavy atom. The van der Waals surface area contributed by atoms with E-state index >= 15 is 0 Å². The molecule has 112 valence electrons. The summed E-state index contributed by atoms with van der Waals surface area (Å²) in [5, 5.41) is 5.79. The van der Waals surface area contributed by atoms with Gasteiger partial charge in [0.15, 0.2) is 0 Å². The predicted octanol–water partition coefficient (Wildman–Crippen LogP) is 3.74. The zero-order valence-corrected chi connectivity index (χ0v) is 13.7. The number of nitrogens with one attached hydrogen (secondary N) is 1. The molecule has 2 heterocycles. The lowest BCUT2D eigenvalue weighted by atomic mass is 9.74. The minimum absolute atomic E-state index is 0.424. The summed E-state index contributed by atoms with van der Waals surface area (Å²) in [5.41, 5.74) is 0.424. The van der Waals surface area contributed by atoms with Crippen LogP contribution in [0, 0.1) is 11.3 Å². The van der Waals surface area contributed by atoms with Crippen molar-refractivity contribution in [3.05, 3.63) is 22.4 Å². The summed E-state index contributed by atoms with van der Waals surface area (Å²) in [6, 6.07) is 5.32. The first-order chi connectivity index (χ1) is 9.65. The summed E-state index contributed by atoms with van der Waals surface area (Å²) >= 11 is 1.90. The van der Waals surface area contributed by atoms with Crippen LogP contribution in [0.2, 0.25) is 0 Å². The van der Waals surface area contributed by atoms with Gasteiger partial charge >= 0.3 is 0 Å². The molecule has 1 N–H and O–H groups in total. The number of thiophene rings is 1. The molecule has 3 heteroatoms. The van der Waals surface area contributed by atoms with Crippen LogP contribution in [-0.4, -0.2) is 30.6 Å². The number of hydrogen-bond acceptors (Lipinski definition) is 3. The van der Waals surface area contributed by atoms with Crippen LogP contribution in [0.1, 0.15) is 44.4 Å². The summed E-state index contributed by atoms with van der Waals surface area (Å²) in [5.74, 6) is 0.834. The second kappa shape index (κ2) is 6.17. The third-order valence-corrected chi connectivity index (χ3v) is 5.88. The highest BCUT2D eigenvalue weighted by Crippen LogP contribution is 2.37. The lowest BCUT2D eigenvalue weighted by Gasteiger charge is -2.41. The van der Waals surface area contributed by atoms with E-state index in [1.54, 1.807) is 0 Å². The average Bonchev–Trinajstić information content (AvgIpc) is 3.18. The summed E-state index contributed by atoms with van der Waals surface area (Å²) in [6.07, 6.45) is 5.56. The minimum Gasteiger partial charge on any atom is -0.316 e. The molecule has 0 spiro atoms. The van der Waals surface area contributed by atoms with Crippen molar-refractivity contribution in [1.82, 2.24) is 10.2 Å². The van der Waals surface area contributed by atoms with Gasteiger partial charge in [-0.1, -0.05) is 19.9 Å². The predicted molar refractivity (Wildman–Crippen MR) is 87.1 cm³/mol. The Balaban J connectivity index is 1.62. The van der Waals surface area contributed by atoms with E-state index < -0.39 is 0 Å². The molecule has 1 saturated heterocycles. The topological polar surface area (TPSA) is 15.3 Å². The van der Waals surface area contributed by atoms with Crippen molar-refractivity contribution in [3.63, 3.8) is 0 Å². The quantitative estimate of drug-likeness (QED) is 0.859. The fourth-order valence-electron chi connectivity index (χ4n) is 3.53. The highest BCUT2D eigenvalue weighted by Gasteiger charge is 2.37. The van der Waals surface area contributed by atoms with Crippen LogP contribution >= 0.6 is 11.3 Å². The van der Waals surface area contributed by atoms with E-state index in [4.69, 9.17) is 0 Å². The molecule has 1 unspecified atom stereocenters.